The van der Waals surface area contributed by atoms with Gasteiger partial charge in [0.05, 0.1) is 11.2 Å². The van der Waals surface area contributed by atoms with Crippen LogP contribution in [0.2, 0.25) is 0 Å². The summed E-state index contributed by atoms with van der Waals surface area (Å²) in [5, 5.41) is 0. The maximum Gasteiger partial charge on any atom is 0.112 e. The Morgan fingerprint density at radius 2 is 1.85 bits per heavy atom. The van der Waals surface area contributed by atoms with Crippen molar-refractivity contribution in [1.29, 1.82) is 0 Å². The van der Waals surface area contributed by atoms with Gasteiger partial charge in [0.15, 0.2) is 0 Å². The van der Waals surface area contributed by atoms with E-state index >= 15 is 0 Å². The molecule has 1 aromatic heterocycles. The predicted molar refractivity (Wildman–Crippen MR) is 53.3 cm³/mol. The second-order valence-corrected chi connectivity index (χ2v) is 2.92. The highest BCUT2D eigenvalue weighted by Gasteiger charge is 2.03. The summed E-state index contributed by atoms with van der Waals surface area (Å²) in [6, 6.07) is 3.89. The van der Waals surface area contributed by atoms with Crippen LogP contribution in [0, 0.1) is 0 Å². The molecule has 2 rings (SSSR count). The first-order valence-electron chi connectivity index (χ1n) is 4.31. The van der Waals surface area contributed by atoms with Gasteiger partial charge < -0.3 is 5.73 Å². The number of hydrogen-bond donors (Lipinski definition) is 1. The minimum Gasteiger partial charge on any atom is -0.397 e. The number of benzene rings is 1. The molecule has 0 spiro atoms. The maximum absolute atomic E-state index is 5.78. The first-order chi connectivity index (χ1) is 6.33. The van der Waals surface area contributed by atoms with E-state index in [0.717, 1.165) is 17.5 Å². The van der Waals surface area contributed by atoms with E-state index in [1.165, 1.54) is 5.56 Å². The van der Waals surface area contributed by atoms with Crippen LogP contribution in [0.3, 0.4) is 0 Å². The second kappa shape index (κ2) is 3.01. The molecule has 0 saturated carbocycles. The lowest BCUT2D eigenvalue weighted by atomic mass is 10.1. The van der Waals surface area contributed by atoms with Crippen molar-refractivity contribution < 1.29 is 0 Å². The van der Waals surface area contributed by atoms with Crippen LogP contribution in [-0.4, -0.2) is 9.97 Å². The van der Waals surface area contributed by atoms with Gasteiger partial charge in [-0.25, -0.2) is 0 Å². The van der Waals surface area contributed by atoms with Crippen LogP contribution < -0.4 is 5.73 Å². The third-order valence-corrected chi connectivity index (χ3v) is 2.12. The predicted octanol–water partition coefficient (Wildman–Crippen LogP) is 1.77. The Morgan fingerprint density at radius 1 is 1.15 bits per heavy atom. The molecule has 0 aliphatic rings. The van der Waals surface area contributed by atoms with Crippen molar-refractivity contribution in [3.05, 3.63) is 30.1 Å². The van der Waals surface area contributed by atoms with E-state index in [9.17, 15) is 0 Å². The molecule has 1 aromatic carbocycles. The second-order valence-electron chi connectivity index (χ2n) is 2.92. The molecule has 0 fully saturated rings. The fourth-order valence-electron chi connectivity index (χ4n) is 1.42. The van der Waals surface area contributed by atoms with Crippen molar-refractivity contribution in [2.45, 2.75) is 13.3 Å². The lowest BCUT2D eigenvalue weighted by molar-refractivity contribution is 1.14. The van der Waals surface area contributed by atoms with E-state index in [2.05, 4.69) is 16.9 Å². The van der Waals surface area contributed by atoms with E-state index in [4.69, 9.17) is 5.73 Å². The lowest BCUT2D eigenvalue weighted by Gasteiger charge is -2.03. The Bertz CT molecular complexity index is 437. The van der Waals surface area contributed by atoms with Gasteiger partial charge >= 0.3 is 0 Å². The number of nitrogen functional groups attached to an aromatic ring is 1. The molecule has 66 valence electrons. The monoisotopic (exact) mass is 173 g/mol. The summed E-state index contributed by atoms with van der Waals surface area (Å²) in [4.78, 5) is 8.47. The molecule has 2 aromatic rings. The highest BCUT2D eigenvalue weighted by atomic mass is 14.8. The van der Waals surface area contributed by atoms with Crippen LogP contribution in [0.5, 0.6) is 0 Å². The Balaban J connectivity index is 2.84. The highest BCUT2D eigenvalue weighted by molar-refractivity contribution is 5.88. The number of fused-ring (bicyclic) bond motifs is 1. The Labute approximate surface area is 76.6 Å². The first kappa shape index (κ1) is 7.98. The van der Waals surface area contributed by atoms with Crippen LogP contribution >= 0.6 is 0 Å². The Kier molecular flexibility index (Phi) is 1.85. The number of rotatable bonds is 1. The quantitative estimate of drug-likeness (QED) is 0.669. The summed E-state index contributed by atoms with van der Waals surface area (Å²) in [5.74, 6) is 0. The van der Waals surface area contributed by atoms with Crippen LogP contribution in [-0.2, 0) is 6.42 Å². The van der Waals surface area contributed by atoms with Crippen molar-refractivity contribution in [3.63, 3.8) is 0 Å². The van der Waals surface area contributed by atoms with Crippen molar-refractivity contribution in [1.82, 2.24) is 9.97 Å². The van der Waals surface area contributed by atoms with Gasteiger partial charge in [-0.05, 0) is 18.1 Å². The van der Waals surface area contributed by atoms with Crippen LogP contribution in [0.1, 0.15) is 12.5 Å². The number of hydrogen-bond acceptors (Lipinski definition) is 3. The number of nitrogens with zero attached hydrogens (tertiary/aromatic N) is 2. The SMILES string of the molecule is CCc1ccc(N)c2nccnc12. The maximum atomic E-state index is 5.78. The molecule has 0 unspecified atom stereocenters. The van der Waals surface area contributed by atoms with E-state index in [-0.39, 0.29) is 0 Å². The minimum absolute atomic E-state index is 0.695. The zero-order valence-corrected chi connectivity index (χ0v) is 7.49. The van der Waals surface area contributed by atoms with Gasteiger partial charge in [-0.3, -0.25) is 9.97 Å². The first-order valence-corrected chi connectivity index (χ1v) is 4.31. The summed E-state index contributed by atoms with van der Waals surface area (Å²) >= 11 is 0. The Hall–Kier alpha value is -1.64. The number of aromatic nitrogens is 2. The van der Waals surface area contributed by atoms with Gasteiger partial charge in [0, 0.05) is 12.4 Å². The van der Waals surface area contributed by atoms with Gasteiger partial charge in [0.2, 0.25) is 0 Å². The third kappa shape index (κ3) is 1.22. The molecule has 0 aliphatic carbocycles. The molecular formula is C10H11N3. The lowest BCUT2D eigenvalue weighted by Crippen LogP contribution is -1.94. The molecule has 13 heavy (non-hydrogen) atoms. The van der Waals surface area contributed by atoms with Crippen LogP contribution in [0.15, 0.2) is 24.5 Å². The summed E-state index contributed by atoms with van der Waals surface area (Å²) in [5.41, 5.74) is 9.39. The number of aryl methyl sites for hydroxylation is 1. The topological polar surface area (TPSA) is 51.8 Å². The zero-order valence-electron chi connectivity index (χ0n) is 7.49. The normalized spacial score (nSPS) is 10.5. The van der Waals surface area contributed by atoms with E-state index in [1.54, 1.807) is 12.4 Å². The Morgan fingerprint density at radius 3 is 2.54 bits per heavy atom. The highest BCUT2D eigenvalue weighted by Crippen LogP contribution is 2.20. The van der Waals surface area contributed by atoms with Crippen molar-refractivity contribution in [2.75, 3.05) is 5.73 Å². The molecule has 0 radical (unpaired) electrons. The van der Waals surface area contributed by atoms with Gasteiger partial charge in [-0.15, -0.1) is 0 Å². The molecule has 2 N–H and O–H groups in total. The fourth-order valence-corrected chi connectivity index (χ4v) is 1.42. The molecule has 0 saturated heterocycles. The number of nitrogens with two attached hydrogens (primary N) is 1. The molecule has 0 bridgehead atoms. The summed E-state index contributed by atoms with van der Waals surface area (Å²) < 4.78 is 0. The zero-order chi connectivity index (χ0) is 9.26. The third-order valence-electron chi connectivity index (χ3n) is 2.12. The largest absolute Gasteiger partial charge is 0.397 e. The molecule has 3 nitrogen and oxygen atoms in total. The van der Waals surface area contributed by atoms with Crippen LogP contribution in [0.25, 0.3) is 11.0 Å². The van der Waals surface area contributed by atoms with Gasteiger partial charge in [0.1, 0.15) is 5.52 Å². The van der Waals surface area contributed by atoms with E-state index < -0.39 is 0 Å². The molecule has 0 amide bonds. The van der Waals surface area contributed by atoms with E-state index in [1.807, 2.05) is 12.1 Å². The van der Waals surface area contributed by atoms with Crippen LogP contribution in [0.4, 0.5) is 5.69 Å². The standard InChI is InChI=1S/C10H11N3/c1-2-7-3-4-8(11)10-9(7)12-5-6-13-10/h3-6H,2,11H2,1H3. The summed E-state index contributed by atoms with van der Waals surface area (Å²) in [6.45, 7) is 2.10. The average Bonchev–Trinajstić information content (AvgIpc) is 2.19. The molecule has 1 heterocycles. The van der Waals surface area contributed by atoms with Crippen molar-refractivity contribution >= 4 is 16.7 Å². The molecule has 3 heteroatoms. The van der Waals surface area contributed by atoms with Gasteiger partial charge in [0.25, 0.3) is 0 Å². The summed E-state index contributed by atoms with van der Waals surface area (Å²) in [6.07, 6.45) is 4.31. The fraction of sp³-hybridized carbons (Fsp3) is 0.200. The molecular weight excluding hydrogens is 162 g/mol. The minimum atomic E-state index is 0.695. The summed E-state index contributed by atoms with van der Waals surface area (Å²) in [7, 11) is 0. The van der Waals surface area contributed by atoms with E-state index in [0.29, 0.717) is 5.69 Å². The number of anilines is 1. The molecule has 0 aliphatic heterocycles. The van der Waals surface area contributed by atoms with Gasteiger partial charge in [-0.1, -0.05) is 13.0 Å². The molecule has 0 atom stereocenters. The van der Waals surface area contributed by atoms with Crippen molar-refractivity contribution in [3.8, 4) is 0 Å². The van der Waals surface area contributed by atoms with Crippen molar-refractivity contribution in [2.24, 2.45) is 0 Å². The van der Waals surface area contributed by atoms with Gasteiger partial charge in [-0.2, -0.15) is 0 Å². The smallest absolute Gasteiger partial charge is 0.112 e. The average molecular weight is 173 g/mol.